The number of H-pyrrole nitrogens is 1. The van der Waals surface area contributed by atoms with Crippen molar-refractivity contribution in [1.29, 1.82) is 0 Å². The van der Waals surface area contributed by atoms with Crippen molar-refractivity contribution >= 4 is 11.7 Å². The van der Waals surface area contributed by atoms with Gasteiger partial charge in [0.2, 0.25) is 0 Å². The molecule has 0 fully saturated rings. The first-order valence-corrected chi connectivity index (χ1v) is 7.31. The molecule has 0 saturated carbocycles. The van der Waals surface area contributed by atoms with Gasteiger partial charge in [0.1, 0.15) is 0 Å². The molecule has 1 atom stereocenters. The Kier molecular flexibility index (Phi) is 4.86. The molecule has 0 aliphatic carbocycles. The summed E-state index contributed by atoms with van der Waals surface area (Å²) in [4.78, 5) is 12.1. The summed E-state index contributed by atoms with van der Waals surface area (Å²) in [5.74, 6) is 0. The number of carbonyl (C=O) groups is 1. The maximum absolute atomic E-state index is 12.9. The fraction of sp³-hybridized carbons (Fsp3) is 0.375. The summed E-state index contributed by atoms with van der Waals surface area (Å²) in [7, 11) is 0. The molecule has 0 saturated heterocycles. The molecule has 0 bridgehead atoms. The summed E-state index contributed by atoms with van der Waals surface area (Å²) in [6.45, 7) is 5.53. The molecule has 130 valence electrons. The molecular weight excluding hydrogens is 321 g/mol. The predicted octanol–water partition coefficient (Wildman–Crippen LogP) is 4.34. The third kappa shape index (κ3) is 4.50. The number of hydrogen-bond donors (Lipinski definition) is 3. The van der Waals surface area contributed by atoms with Crippen LogP contribution < -0.4 is 10.6 Å². The maximum atomic E-state index is 12.9. The zero-order valence-electron chi connectivity index (χ0n) is 13.5. The molecule has 0 spiro atoms. The van der Waals surface area contributed by atoms with E-state index in [1.807, 2.05) is 20.8 Å². The Morgan fingerprint density at radius 2 is 1.96 bits per heavy atom. The van der Waals surface area contributed by atoms with Crippen molar-refractivity contribution in [3.63, 3.8) is 0 Å². The van der Waals surface area contributed by atoms with Crippen molar-refractivity contribution in [3.8, 4) is 0 Å². The van der Waals surface area contributed by atoms with Gasteiger partial charge in [-0.1, -0.05) is 32.9 Å². The minimum absolute atomic E-state index is 0.389. The number of aromatic amines is 1. The van der Waals surface area contributed by atoms with Gasteiger partial charge in [0.05, 0.1) is 23.5 Å². The van der Waals surface area contributed by atoms with Crippen LogP contribution in [-0.2, 0) is 6.18 Å². The second kappa shape index (κ2) is 6.54. The van der Waals surface area contributed by atoms with Crippen LogP contribution >= 0.6 is 0 Å². The van der Waals surface area contributed by atoms with Crippen LogP contribution in [0.25, 0.3) is 0 Å². The van der Waals surface area contributed by atoms with Gasteiger partial charge in [0, 0.05) is 6.20 Å². The van der Waals surface area contributed by atoms with Crippen molar-refractivity contribution in [2.45, 2.75) is 33.0 Å². The van der Waals surface area contributed by atoms with Crippen LogP contribution in [0.3, 0.4) is 0 Å². The second-order valence-electron chi connectivity index (χ2n) is 6.51. The summed E-state index contributed by atoms with van der Waals surface area (Å²) < 4.78 is 38.8. The molecule has 5 nitrogen and oxygen atoms in total. The number of nitrogens with zero attached hydrogens (tertiary/aromatic N) is 1. The first kappa shape index (κ1) is 17.8. The highest BCUT2D eigenvalue weighted by Crippen LogP contribution is 2.36. The number of amides is 2. The molecule has 2 amide bonds. The summed E-state index contributed by atoms with van der Waals surface area (Å²) >= 11 is 0. The Morgan fingerprint density at radius 1 is 1.25 bits per heavy atom. The lowest BCUT2D eigenvalue weighted by Crippen LogP contribution is -2.39. The van der Waals surface area contributed by atoms with Gasteiger partial charge in [0.25, 0.3) is 0 Å². The number of aromatic nitrogens is 2. The van der Waals surface area contributed by atoms with E-state index < -0.39 is 29.2 Å². The normalized spacial score (nSPS) is 13.4. The van der Waals surface area contributed by atoms with E-state index in [1.54, 1.807) is 6.07 Å². The van der Waals surface area contributed by atoms with E-state index in [0.717, 1.165) is 12.1 Å². The number of rotatable bonds is 3. The zero-order valence-corrected chi connectivity index (χ0v) is 13.5. The lowest BCUT2D eigenvalue weighted by atomic mass is 9.82. The van der Waals surface area contributed by atoms with Crippen LogP contribution in [-0.4, -0.2) is 16.2 Å². The van der Waals surface area contributed by atoms with Crippen LogP contribution in [0, 0.1) is 5.41 Å². The minimum atomic E-state index is -4.43. The van der Waals surface area contributed by atoms with E-state index in [9.17, 15) is 18.0 Å². The molecule has 1 aromatic heterocycles. The van der Waals surface area contributed by atoms with Crippen molar-refractivity contribution < 1.29 is 18.0 Å². The zero-order chi connectivity index (χ0) is 18.0. The first-order chi connectivity index (χ1) is 11.1. The van der Waals surface area contributed by atoms with Gasteiger partial charge in [-0.2, -0.15) is 18.3 Å². The van der Waals surface area contributed by atoms with Crippen LogP contribution in [0.4, 0.5) is 23.7 Å². The van der Waals surface area contributed by atoms with E-state index >= 15 is 0 Å². The van der Waals surface area contributed by atoms with Gasteiger partial charge in [-0.05, 0) is 23.1 Å². The molecule has 1 heterocycles. The molecule has 0 unspecified atom stereocenters. The number of urea groups is 1. The van der Waals surface area contributed by atoms with Gasteiger partial charge < -0.3 is 10.6 Å². The van der Waals surface area contributed by atoms with E-state index in [4.69, 9.17) is 0 Å². The molecule has 0 aliphatic heterocycles. The highest BCUT2D eigenvalue weighted by atomic mass is 19.4. The summed E-state index contributed by atoms with van der Waals surface area (Å²) in [6, 6.07) is 3.86. The smallest absolute Gasteiger partial charge is 0.331 e. The molecule has 2 rings (SSSR count). The third-order valence-corrected chi connectivity index (χ3v) is 3.44. The SMILES string of the molecule is CC(C)(C)[C@@H](NC(=O)Nc1cn[nH]c1)c1cccc(C(F)(F)F)c1. The van der Waals surface area contributed by atoms with E-state index in [-0.39, 0.29) is 0 Å². The highest BCUT2D eigenvalue weighted by molar-refractivity contribution is 5.89. The number of hydrogen-bond acceptors (Lipinski definition) is 2. The van der Waals surface area contributed by atoms with Crippen molar-refractivity contribution in [2.75, 3.05) is 5.32 Å². The Hall–Kier alpha value is -2.51. The molecule has 0 radical (unpaired) electrons. The monoisotopic (exact) mass is 340 g/mol. The number of alkyl halides is 3. The van der Waals surface area contributed by atoms with E-state index in [2.05, 4.69) is 20.8 Å². The number of halogens is 3. The van der Waals surface area contributed by atoms with E-state index in [1.165, 1.54) is 18.5 Å². The predicted molar refractivity (Wildman–Crippen MR) is 84.4 cm³/mol. The van der Waals surface area contributed by atoms with Crippen molar-refractivity contribution in [3.05, 3.63) is 47.8 Å². The lowest BCUT2D eigenvalue weighted by molar-refractivity contribution is -0.137. The number of carbonyl (C=O) groups excluding carboxylic acids is 1. The average molecular weight is 340 g/mol. The van der Waals surface area contributed by atoms with Gasteiger partial charge in [-0.3, -0.25) is 5.10 Å². The van der Waals surface area contributed by atoms with Crippen molar-refractivity contribution in [1.82, 2.24) is 15.5 Å². The summed E-state index contributed by atoms with van der Waals surface area (Å²) in [5.41, 5.74) is -0.382. The quantitative estimate of drug-likeness (QED) is 0.778. The van der Waals surface area contributed by atoms with Gasteiger partial charge >= 0.3 is 12.2 Å². The number of nitrogens with one attached hydrogen (secondary N) is 3. The molecule has 0 aliphatic rings. The van der Waals surface area contributed by atoms with Gasteiger partial charge in [-0.15, -0.1) is 0 Å². The molecule has 2 aromatic rings. The number of benzene rings is 1. The van der Waals surface area contributed by atoms with Crippen LogP contribution in [0.15, 0.2) is 36.7 Å². The largest absolute Gasteiger partial charge is 0.416 e. The van der Waals surface area contributed by atoms with Crippen LogP contribution in [0.1, 0.15) is 37.9 Å². The third-order valence-electron chi connectivity index (χ3n) is 3.44. The molecule has 3 N–H and O–H groups in total. The van der Waals surface area contributed by atoms with Gasteiger partial charge in [-0.25, -0.2) is 4.79 Å². The lowest BCUT2D eigenvalue weighted by Gasteiger charge is -2.32. The summed E-state index contributed by atoms with van der Waals surface area (Å²) in [6.07, 6.45) is -1.51. The molecule has 24 heavy (non-hydrogen) atoms. The standard InChI is InChI=1S/C16H19F3N4O/c1-15(2,3)13(23-14(24)22-12-8-20-21-9-12)10-5-4-6-11(7-10)16(17,18)19/h4-9,13H,1-3H3,(H,20,21)(H2,22,23,24)/t13-/m0/s1. The summed E-state index contributed by atoms with van der Waals surface area (Å²) in [5, 5.41) is 11.6. The van der Waals surface area contributed by atoms with Crippen molar-refractivity contribution in [2.24, 2.45) is 5.41 Å². The van der Waals surface area contributed by atoms with E-state index in [0.29, 0.717) is 11.3 Å². The maximum Gasteiger partial charge on any atom is 0.416 e. The van der Waals surface area contributed by atoms with Crippen LogP contribution in [0.5, 0.6) is 0 Å². The van der Waals surface area contributed by atoms with Gasteiger partial charge in [0.15, 0.2) is 0 Å². The molecule has 8 heteroatoms. The Morgan fingerprint density at radius 3 is 2.50 bits per heavy atom. The number of anilines is 1. The topological polar surface area (TPSA) is 69.8 Å². The molecular formula is C16H19F3N4O. The Labute approximate surface area is 137 Å². The average Bonchev–Trinajstić information content (AvgIpc) is 2.95. The minimum Gasteiger partial charge on any atom is -0.331 e. The second-order valence-corrected chi connectivity index (χ2v) is 6.51. The van der Waals surface area contributed by atoms with Crippen LogP contribution in [0.2, 0.25) is 0 Å². The Bertz CT molecular complexity index is 690. The first-order valence-electron chi connectivity index (χ1n) is 7.31. The fourth-order valence-corrected chi connectivity index (χ4v) is 2.31. The highest BCUT2D eigenvalue weighted by Gasteiger charge is 2.33. The molecule has 1 aromatic carbocycles. The Balaban J connectivity index is 2.24. The fourth-order valence-electron chi connectivity index (χ4n) is 2.31.